The van der Waals surface area contributed by atoms with Crippen LogP contribution < -0.4 is 0 Å². The van der Waals surface area contributed by atoms with Gasteiger partial charge in [-0.25, -0.2) is 0 Å². The molecule has 2 rings (SSSR count). The van der Waals surface area contributed by atoms with Crippen molar-refractivity contribution in [2.75, 3.05) is 19.8 Å². The zero-order valence-corrected chi connectivity index (χ0v) is 18.4. The zero-order chi connectivity index (χ0) is 16.8. The lowest BCUT2D eigenvalue weighted by molar-refractivity contribution is 0.0548. The summed E-state index contributed by atoms with van der Waals surface area (Å²) in [5.41, 5.74) is 0. The van der Waals surface area contributed by atoms with Gasteiger partial charge in [-0.15, -0.1) is 0 Å². The van der Waals surface area contributed by atoms with Crippen LogP contribution in [0.15, 0.2) is 0 Å². The van der Waals surface area contributed by atoms with Gasteiger partial charge in [0.1, 0.15) is 6.61 Å². The fourth-order valence-corrected chi connectivity index (χ4v) is 15.0. The smallest absolute Gasteiger partial charge is 0.328 e. The average molecular weight is 379 g/mol. The highest BCUT2D eigenvalue weighted by Gasteiger charge is 2.39. The summed E-state index contributed by atoms with van der Waals surface area (Å²) < 4.78 is 29.9. The second-order valence-electron chi connectivity index (χ2n) is 7.18. The molecule has 0 spiro atoms. The largest absolute Gasteiger partial charge is 0.438 e. The molecule has 0 aromatic rings. The van der Waals surface area contributed by atoms with Gasteiger partial charge in [0, 0.05) is 12.7 Å². The predicted molar refractivity (Wildman–Crippen MR) is 98.6 cm³/mol. The minimum atomic E-state index is -2.19. The minimum absolute atomic E-state index is 0.0165. The van der Waals surface area contributed by atoms with Gasteiger partial charge in [-0.3, -0.25) is 0 Å². The van der Waals surface area contributed by atoms with E-state index in [1.54, 1.807) is 0 Å². The number of epoxide rings is 1. The van der Waals surface area contributed by atoms with Gasteiger partial charge in [-0.05, 0) is 38.2 Å². The van der Waals surface area contributed by atoms with E-state index in [2.05, 4.69) is 26.6 Å². The molecule has 2 aliphatic rings. The van der Waals surface area contributed by atoms with Gasteiger partial charge in [0.05, 0.1) is 6.61 Å². The van der Waals surface area contributed by atoms with Crippen LogP contribution in [0.4, 0.5) is 0 Å². The van der Waals surface area contributed by atoms with E-state index in [4.69, 9.17) is 22.1 Å². The molecule has 2 heterocycles. The molecule has 2 saturated heterocycles. The molecule has 8 heteroatoms. The van der Waals surface area contributed by atoms with Crippen LogP contribution in [0, 0.1) is 0 Å². The molecule has 136 valence electrons. The van der Waals surface area contributed by atoms with Gasteiger partial charge in [-0.1, -0.05) is 26.2 Å². The normalized spacial score (nSPS) is 39.1. The van der Waals surface area contributed by atoms with Crippen LogP contribution in [-0.4, -0.2) is 52.3 Å². The first-order valence-corrected chi connectivity index (χ1v) is 16.6. The van der Waals surface area contributed by atoms with Crippen molar-refractivity contribution in [2.45, 2.75) is 76.7 Å². The van der Waals surface area contributed by atoms with Crippen LogP contribution in [0.3, 0.4) is 0 Å². The van der Waals surface area contributed by atoms with Crippen LogP contribution >= 0.6 is 0 Å². The standard InChI is InChI=1S/C15H34O5Si3/c1-5-6-11-22(3)12-8-7-9-18-23(4,20-21(2)19-22)13-10-16-15-14-17-15/h15,21H,5-14H2,1-4H3. The van der Waals surface area contributed by atoms with Crippen LogP contribution in [0.5, 0.6) is 0 Å². The molecule has 0 aromatic carbocycles. The summed E-state index contributed by atoms with van der Waals surface area (Å²) in [6, 6.07) is 3.38. The van der Waals surface area contributed by atoms with Gasteiger partial charge in [0.25, 0.3) is 9.28 Å². The third-order valence-electron chi connectivity index (χ3n) is 4.59. The Morgan fingerprint density at radius 2 is 1.96 bits per heavy atom. The summed E-state index contributed by atoms with van der Waals surface area (Å²) in [6.07, 6.45) is 4.89. The van der Waals surface area contributed by atoms with E-state index < -0.39 is 26.2 Å². The predicted octanol–water partition coefficient (Wildman–Crippen LogP) is 3.50. The summed E-state index contributed by atoms with van der Waals surface area (Å²) in [5.74, 6) is 0. The summed E-state index contributed by atoms with van der Waals surface area (Å²) in [5, 5.41) is 0. The Morgan fingerprint density at radius 1 is 1.17 bits per heavy atom. The summed E-state index contributed by atoms with van der Waals surface area (Å²) in [7, 11) is -5.45. The Balaban J connectivity index is 1.89. The van der Waals surface area contributed by atoms with Crippen molar-refractivity contribution in [3.63, 3.8) is 0 Å². The molecule has 0 N–H and O–H groups in total. The fraction of sp³-hybridized carbons (Fsp3) is 1.00. The monoisotopic (exact) mass is 378 g/mol. The van der Waals surface area contributed by atoms with E-state index in [1.165, 1.54) is 31.4 Å². The molecular weight excluding hydrogens is 344 g/mol. The first kappa shape index (κ1) is 19.8. The van der Waals surface area contributed by atoms with Crippen LogP contribution in [-0.2, 0) is 22.1 Å². The Labute approximate surface area is 145 Å². The lowest BCUT2D eigenvalue weighted by Crippen LogP contribution is -2.50. The molecule has 0 bridgehead atoms. The third-order valence-corrected chi connectivity index (χ3v) is 16.3. The van der Waals surface area contributed by atoms with Crippen molar-refractivity contribution in [1.29, 1.82) is 0 Å². The highest BCUT2D eigenvalue weighted by atomic mass is 28.5. The summed E-state index contributed by atoms with van der Waals surface area (Å²) in [6.45, 7) is 11.2. The molecule has 4 unspecified atom stereocenters. The van der Waals surface area contributed by atoms with Crippen LogP contribution in [0.25, 0.3) is 0 Å². The van der Waals surface area contributed by atoms with E-state index >= 15 is 0 Å². The summed E-state index contributed by atoms with van der Waals surface area (Å²) in [4.78, 5) is 0. The minimum Gasteiger partial charge on any atom is -0.438 e. The summed E-state index contributed by atoms with van der Waals surface area (Å²) >= 11 is 0. The van der Waals surface area contributed by atoms with E-state index in [1.807, 2.05) is 0 Å². The average Bonchev–Trinajstić information content (AvgIpc) is 3.28. The van der Waals surface area contributed by atoms with Crippen molar-refractivity contribution in [3.05, 3.63) is 0 Å². The lowest BCUT2D eigenvalue weighted by atomic mass is 10.4. The maximum absolute atomic E-state index is 6.60. The van der Waals surface area contributed by atoms with E-state index in [0.29, 0.717) is 6.61 Å². The molecule has 4 atom stereocenters. The fourth-order valence-electron chi connectivity index (χ4n) is 3.13. The molecule has 0 saturated carbocycles. The Kier molecular flexibility index (Phi) is 7.94. The molecule has 2 aliphatic heterocycles. The van der Waals surface area contributed by atoms with Crippen molar-refractivity contribution in [2.24, 2.45) is 0 Å². The molecule has 0 aromatic heterocycles. The first-order valence-electron chi connectivity index (χ1n) is 9.17. The van der Waals surface area contributed by atoms with Gasteiger partial charge in [-0.2, -0.15) is 0 Å². The number of hydrogen-bond donors (Lipinski definition) is 0. The maximum Gasteiger partial charge on any atom is 0.328 e. The van der Waals surface area contributed by atoms with Crippen LogP contribution in [0.2, 0.25) is 37.8 Å². The van der Waals surface area contributed by atoms with Crippen LogP contribution in [0.1, 0.15) is 32.6 Å². The second kappa shape index (κ2) is 9.23. The molecule has 2 fully saturated rings. The maximum atomic E-state index is 6.60. The number of rotatable bonds is 7. The topological polar surface area (TPSA) is 49.5 Å². The molecule has 23 heavy (non-hydrogen) atoms. The van der Waals surface area contributed by atoms with Gasteiger partial charge >= 0.3 is 8.56 Å². The van der Waals surface area contributed by atoms with Gasteiger partial charge < -0.3 is 22.1 Å². The number of ether oxygens (including phenoxy) is 2. The number of unbranched alkanes of at least 4 members (excludes halogenated alkanes) is 1. The van der Waals surface area contributed by atoms with E-state index in [-0.39, 0.29) is 6.29 Å². The second-order valence-corrected chi connectivity index (χ2v) is 17.2. The molecule has 0 amide bonds. The Bertz CT molecular complexity index is 358. The van der Waals surface area contributed by atoms with Crippen molar-refractivity contribution in [3.8, 4) is 0 Å². The lowest BCUT2D eigenvalue weighted by Gasteiger charge is -2.37. The first-order chi connectivity index (χ1) is 10.9. The molecule has 0 radical (unpaired) electrons. The molecule has 5 nitrogen and oxygen atoms in total. The SMILES string of the molecule is CCCC[Si]1(C)CCCCO[Si](C)(CCOC2CO2)O[SiH](C)O1. The van der Waals surface area contributed by atoms with Gasteiger partial charge in [0.2, 0.25) is 0 Å². The third kappa shape index (κ3) is 7.47. The van der Waals surface area contributed by atoms with Crippen molar-refractivity contribution >= 4 is 26.2 Å². The number of hydrogen-bond acceptors (Lipinski definition) is 5. The quantitative estimate of drug-likeness (QED) is 0.501. The highest BCUT2D eigenvalue weighted by molar-refractivity contribution is 6.81. The van der Waals surface area contributed by atoms with Crippen molar-refractivity contribution < 1.29 is 22.1 Å². The zero-order valence-electron chi connectivity index (χ0n) is 15.3. The molecular formula is C15H34O5Si3. The Hall–Kier alpha value is 0.451. The van der Waals surface area contributed by atoms with E-state index in [0.717, 1.165) is 25.7 Å². The van der Waals surface area contributed by atoms with Gasteiger partial charge in [0.15, 0.2) is 14.6 Å². The Morgan fingerprint density at radius 3 is 2.65 bits per heavy atom. The molecule has 0 aliphatic carbocycles. The highest BCUT2D eigenvalue weighted by Crippen LogP contribution is 2.27. The van der Waals surface area contributed by atoms with Crippen molar-refractivity contribution in [1.82, 2.24) is 0 Å². The van der Waals surface area contributed by atoms with E-state index in [9.17, 15) is 0 Å².